The molecular formula is C9H12O. The highest BCUT2D eigenvalue weighted by Crippen LogP contribution is 2.00. The summed E-state index contributed by atoms with van der Waals surface area (Å²) < 4.78 is 0. The Morgan fingerprint density at radius 1 is 1.50 bits per heavy atom. The van der Waals surface area contributed by atoms with Crippen molar-refractivity contribution in [2.75, 3.05) is 0 Å². The molecule has 0 aromatic heterocycles. The van der Waals surface area contributed by atoms with E-state index in [1.807, 2.05) is 6.92 Å². The van der Waals surface area contributed by atoms with Gasteiger partial charge in [-0.2, -0.15) is 0 Å². The Labute approximate surface area is 61.8 Å². The van der Waals surface area contributed by atoms with Crippen molar-refractivity contribution in [2.24, 2.45) is 0 Å². The van der Waals surface area contributed by atoms with E-state index in [1.165, 1.54) is 0 Å². The molecule has 0 saturated carbocycles. The molecule has 10 heavy (non-hydrogen) atoms. The van der Waals surface area contributed by atoms with Gasteiger partial charge in [0.25, 0.3) is 0 Å². The van der Waals surface area contributed by atoms with Crippen molar-refractivity contribution in [3.05, 3.63) is 37.0 Å². The molecule has 0 spiro atoms. The number of Topliss-reactive ketones (excluding diaryl/α,β-unsaturated/α-hetero) is 1. The summed E-state index contributed by atoms with van der Waals surface area (Å²) in [7, 11) is 0. The second-order valence-electron chi connectivity index (χ2n) is 1.84. The summed E-state index contributed by atoms with van der Waals surface area (Å²) in [4.78, 5) is 10.9. The van der Waals surface area contributed by atoms with Crippen LogP contribution in [0.1, 0.15) is 13.3 Å². The number of carbonyl (C=O) groups excluding carboxylic acids is 1. The molecule has 54 valence electrons. The van der Waals surface area contributed by atoms with Gasteiger partial charge in [-0.05, 0) is 0 Å². The summed E-state index contributed by atoms with van der Waals surface area (Å²) in [6.45, 7) is 8.82. The molecule has 1 heteroatoms. The molecule has 0 N–H and O–H groups in total. The zero-order chi connectivity index (χ0) is 7.98. The van der Waals surface area contributed by atoms with Crippen molar-refractivity contribution in [1.82, 2.24) is 0 Å². The molecule has 0 amide bonds. The van der Waals surface area contributed by atoms with Gasteiger partial charge in [0.15, 0.2) is 5.78 Å². The molecule has 0 radical (unpaired) electrons. The van der Waals surface area contributed by atoms with Gasteiger partial charge < -0.3 is 0 Å². The lowest BCUT2D eigenvalue weighted by molar-refractivity contribution is -0.114. The van der Waals surface area contributed by atoms with Crippen LogP contribution < -0.4 is 0 Å². The van der Waals surface area contributed by atoms with Crippen molar-refractivity contribution in [1.29, 1.82) is 0 Å². The van der Waals surface area contributed by atoms with Gasteiger partial charge in [-0.1, -0.05) is 38.3 Å². The maximum atomic E-state index is 10.9. The minimum Gasteiger partial charge on any atom is -0.294 e. The molecule has 0 aliphatic heterocycles. The molecule has 0 heterocycles. The van der Waals surface area contributed by atoms with E-state index in [2.05, 4.69) is 13.2 Å². The Bertz CT molecular complexity index is 175. The number of rotatable bonds is 4. The number of allylic oxidation sites excluding steroid dienone is 4. The molecule has 0 aromatic carbocycles. The van der Waals surface area contributed by atoms with Crippen LogP contribution in [0.2, 0.25) is 0 Å². The molecule has 0 aromatic rings. The molecule has 0 aliphatic carbocycles. The van der Waals surface area contributed by atoms with Gasteiger partial charge in [-0.25, -0.2) is 0 Å². The van der Waals surface area contributed by atoms with Crippen molar-refractivity contribution >= 4 is 5.78 Å². The summed E-state index contributed by atoms with van der Waals surface area (Å²) in [5.74, 6) is 0.106. The van der Waals surface area contributed by atoms with Gasteiger partial charge >= 0.3 is 0 Å². The first-order valence-corrected chi connectivity index (χ1v) is 3.24. The van der Waals surface area contributed by atoms with Crippen LogP contribution >= 0.6 is 0 Å². The number of carbonyl (C=O) groups is 1. The van der Waals surface area contributed by atoms with Crippen LogP contribution in [0.15, 0.2) is 37.0 Å². The fraction of sp³-hybridized carbons (Fsp3) is 0.222. The molecule has 1 nitrogen and oxygen atoms in total. The Morgan fingerprint density at radius 2 is 2.10 bits per heavy atom. The lowest BCUT2D eigenvalue weighted by Crippen LogP contribution is -1.96. The molecule has 0 saturated heterocycles. The monoisotopic (exact) mass is 136 g/mol. The van der Waals surface area contributed by atoms with E-state index in [0.717, 1.165) is 0 Å². The Kier molecular flexibility index (Phi) is 4.21. The van der Waals surface area contributed by atoms with Crippen molar-refractivity contribution in [3.63, 3.8) is 0 Å². The molecule has 0 unspecified atom stereocenters. The highest BCUT2D eigenvalue weighted by Gasteiger charge is 1.99. The molecule has 0 fully saturated rings. The lowest BCUT2D eigenvalue weighted by Gasteiger charge is -1.93. The molecule has 0 rings (SSSR count). The Morgan fingerprint density at radius 3 is 2.40 bits per heavy atom. The van der Waals surface area contributed by atoms with Crippen molar-refractivity contribution < 1.29 is 4.79 Å². The quantitative estimate of drug-likeness (QED) is 0.428. The maximum Gasteiger partial charge on any atom is 0.162 e. The molecular weight excluding hydrogens is 124 g/mol. The number of hydrogen-bond acceptors (Lipinski definition) is 1. The molecule has 0 aliphatic rings. The smallest absolute Gasteiger partial charge is 0.162 e. The second kappa shape index (κ2) is 4.74. The fourth-order valence-electron chi connectivity index (χ4n) is 0.606. The molecule has 0 bridgehead atoms. The van der Waals surface area contributed by atoms with Crippen LogP contribution in [0.5, 0.6) is 0 Å². The Balaban J connectivity index is 4.34. The van der Waals surface area contributed by atoms with E-state index in [4.69, 9.17) is 0 Å². The summed E-state index contributed by atoms with van der Waals surface area (Å²) in [6, 6.07) is 0. The zero-order valence-corrected chi connectivity index (χ0v) is 6.26. The van der Waals surface area contributed by atoms with Gasteiger partial charge in [0.1, 0.15) is 0 Å². The summed E-state index contributed by atoms with van der Waals surface area (Å²) in [5, 5.41) is 0. The minimum absolute atomic E-state index is 0.106. The number of hydrogen-bond donors (Lipinski definition) is 0. The third-order valence-electron chi connectivity index (χ3n) is 1.16. The van der Waals surface area contributed by atoms with E-state index < -0.39 is 0 Å². The summed E-state index contributed by atoms with van der Waals surface area (Å²) in [5.41, 5.74) is 0.637. The van der Waals surface area contributed by atoms with Crippen LogP contribution in [0.25, 0.3) is 0 Å². The summed E-state index contributed by atoms with van der Waals surface area (Å²) >= 11 is 0. The third kappa shape index (κ3) is 2.44. The van der Waals surface area contributed by atoms with Crippen LogP contribution in [0.3, 0.4) is 0 Å². The summed E-state index contributed by atoms with van der Waals surface area (Å²) in [6.07, 6.45) is 5.32. The second-order valence-corrected chi connectivity index (χ2v) is 1.84. The first-order valence-electron chi connectivity index (χ1n) is 3.24. The van der Waals surface area contributed by atoms with E-state index in [1.54, 1.807) is 18.2 Å². The lowest BCUT2D eigenvalue weighted by atomic mass is 10.1. The van der Waals surface area contributed by atoms with Gasteiger partial charge in [-0.15, -0.1) is 0 Å². The normalized spacial score (nSPS) is 10.7. The minimum atomic E-state index is 0.106. The highest BCUT2D eigenvalue weighted by molar-refractivity contribution is 5.97. The van der Waals surface area contributed by atoms with E-state index >= 15 is 0 Å². The van der Waals surface area contributed by atoms with Crippen molar-refractivity contribution in [2.45, 2.75) is 13.3 Å². The van der Waals surface area contributed by atoms with E-state index in [-0.39, 0.29) is 5.78 Å². The first-order chi connectivity index (χ1) is 4.76. The van der Waals surface area contributed by atoms with Crippen LogP contribution in [0.4, 0.5) is 0 Å². The average molecular weight is 136 g/mol. The Hall–Kier alpha value is -1.11. The number of ketones is 1. The largest absolute Gasteiger partial charge is 0.294 e. The van der Waals surface area contributed by atoms with Gasteiger partial charge in [-0.3, -0.25) is 4.79 Å². The highest BCUT2D eigenvalue weighted by atomic mass is 16.1. The van der Waals surface area contributed by atoms with Crippen molar-refractivity contribution in [3.8, 4) is 0 Å². The van der Waals surface area contributed by atoms with Gasteiger partial charge in [0.05, 0.1) is 0 Å². The molecule has 0 atom stereocenters. The maximum absolute atomic E-state index is 10.9. The van der Waals surface area contributed by atoms with E-state index in [0.29, 0.717) is 12.0 Å². The predicted octanol–water partition coefficient (Wildman–Crippen LogP) is 2.26. The topological polar surface area (TPSA) is 17.1 Å². The van der Waals surface area contributed by atoms with Crippen LogP contribution in [-0.4, -0.2) is 5.78 Å². The van der Waals surface area contributed by atoms with Gasteiger partial charge in [0.2, 0.25) is 0 Å². The third-order valence-corrected chi connectivity index (χ3v) is 1.16. The fourth-order valence-corrected chi connectivity index (χ4v) is 0.606. The van der Waals surface area contributed by atoms with Crippen LogP contribution in [0, 0.1) is 0 Å². The SMILES string of the molecule is C=C/C=C(\C=C)C(=O)CC. The van der Waals surface area contributed by atoms with E-state index in [9.17, 15) is 4.79 Å². The van der Waals surface area contributed by atoms with Crippen LogP contribution in [-0.2, 0) is 4.79 Å². The predicted molar refractivity (Wildman–Crippen MR) is 43.8 cm³/mol. The first kappa shape index (κ1) is 8.89. The standard InChI is InChI=1S/C9H12O/c1-4-7-8(5-2)9(10)6-3/h4-5,7H,1-2,6H2,3H3/b8-7+. The van der Waals surface area contributed by atoms with Gasteiger partial charge in [0, 0.05) is 12.0 Å². The average Bonchev–Trinajstić information content (AvgIpc) is 1.99. The zero-order valence-electron chi connectivity index (χ0n) is 6.26.